The van der Waals surface area contributed by atoms with Gasteiger partial charge in [-0.1, -0.05) is 18.2 Å². The van der Waals surface area contributed by atoms with E-state index >= 15 is 0 Å². The quantitative estimate of drug-likeness (QED) is 0.707. The molecule has 0 aliphatic rings. The molecule has 0 fully saturated rings. The first-order valence-electron chi connectivity index (χ1n) is 8.67. The number of hydrogen-bond acceptors (Lipinski definition) is 4. The van der Waals surface area contributed by atoms with Crippen molar-refractivity contribution in [3.8, 4) is 0 Å². The van der Waals surface area contributed by atoms with Gasteiger partial charge in [-0.25, -0.2) is 9.37 Å². The molecule has 0 saturated heterocycles. The molecule has 7 nitrogen and oxygen atoms in total. The third-order valence-corrected chi connectivity index (χ3v) is 4.21. The lowest BCUT2D eigenvalue weighted by molar-refractivity contribution is -0.133. The number of fused-ring (bicyclic) bond motifs is 1. The Bertz CT molecular complexity index is 1080. The van der Waals surface area contributed by atoms with Crippen molar-refractivity contribution >= 4 is 28.4 Å². The summed E-state index contributed by atoms with van der Waals surface area (Å²) in [6, 6.07) is 12.5. The molecule has 2 amide bonds. The maximum absolute atomic E-state index is 13.2. The van der Waals surface area contributed by atoms with E-state index in [-0.39, 0.29) is 31.0 Å². The number of carbonyl (C=O) groups excluding carboxylic acids is 2. The zero-order valence-electron chi connectivity index (χ0n) is 15.3. The Hall–Kier alpha value is -3.55. The van der Waals surface area contributed by atoms with Crippen LogP contribution in [-0.2, 0) is 16.1 Å². The Morgan fingerprint density at radius 2 is 1.96 bits per heavy atom. The van der Waals surface area contributed by atoms with Gasteiger partial charge in [0, 0.05) is 25.7 Å². The van der Waals surface area contributed by atoms with Crippen LogP contribution >= 0.6 is 0 Å². The average molecular weight is 382 g/mol. The number of hydrogen-bond donors (Lipinski definition) is 1. The van der Waals surface area contributed by atoms with Crippen LogP contribution in [-0.4, -0.2) is 39.9 Å². The maximum Gasteiger partial charge on any atom is 0.261 e. The SMILES string of the molecule is CN(CC(=O)Nc1cccc(F)c1)C(=O)CCn1cnc2ccccc2c1=O. The second kappa shape index (κ2) is 8.43. The standard InChI is InChI=1S/C20H19FN4O3/c1-24(12-18(26)23-15-6-4-5-14(21)11-15)19(27)9-10-25-13-22-17-8-3-2-7-16(17)20(25)28/h2-8,11,13H,9-10,12H2,1H3,(H,23,26). The van der Waals surface area contributed by atoms with Gasteiger partial charge in [-0.05, 0) is 30.3 Å². The lowest BCUT2D eigenvalue weighted by Gasteiger charge is -2.17. The number of likely N-dealkylation sites (N-methyl/N-ethyl adjacent to an activating group) is 1. The first kappa shape index (κ1) is 19.2. The van der Waals surface area contributed by atoms with E-state index in [1.807, 2.05) is 0 Å². The van der Waals surface area contributed by atoms with Crippen molar-refractivity contribution in [2.75, 3.05) is 18.9 Å². The molecule has 144 valence electrons. The summed E-state index contributed by atoms with van der Waals surface area (Å²) in [6.07, 6.45) is 1.46. The van der Waals surface area contributed by atoms with E-state index in [4.69, 9.17) is 0 Å². The number of halogens is 1. The van der Waals surface area contributed by atoms with Gasteiger partial charge in [0.25, 0.3) is 5.56 Å². The Balaban J connectivity index is 1.56. The van der Waals surface area contributed by atoms with Crippen LogP contribution in [0.2, 0.25) is 0 Å². The summed E-state index contributed by atoms with van der Waals surface area (Å²) in [5, 5.41) is 3.02. The van der Waals surface area contributed by atoms with E-state index in [0.29, 0.717) is 16.6 Å². The van der Waals surface area contributed by atoms with Crippen molar-refractivity contribution in [3.63, 3.8) is 0 Å². The molecule has 3 rings (SSSR count). The molecule has 3 aromatic rings. The van der Waals surface area contributed by atoms with Gasteiger partial charge < -0.3 is 10.2 Å². The summed E-state index contributed by atoms with van der Waals surface area (Å²) in [6.45, 7) is -0.0222. The van der Waals surface area contributed by atoms with Crippen LogP contribution in [0.3, 0.4) is 0 Å². The van der Waals surface area contributed by atoms with Crippen molar-refractivity contribution in [3.05, 3.63) is 71.0 Å². The molecule has 8 heteroatoms. The largest absolute Gasteiger partial charge is 0.336 e. The lowest BCUT2D eigenvalue weighted by Crippen LogP contribution is -2.35. The summed E-state index contributed by atoms with van der Waals surface area (Å²) in [5.74, 6) is -1.20. The van der Waals surface area contributed by atoms with Crippen LogP contribution in [0.15, 0.2) is 59.7 Å². The van der Waals surface area contributed by atoms with Crippen LogP contribution in [0.5, 0.6) is 0 Å². The molecule has 0 unspecified atom stereocenters. The highest BCUT2D eigenvalue weighted by Gasteiger charge is 2.14. The van der Waals surface area contributed by atoms with Gasteiger partial charge in [-0.2, -0.15) is 0 Å². The first-order valence-corrected chi connectivity index (χ1v) is 8.67. The highest BCUT2D eigenvalue weighted by atomic mass is 19.1. The number of para-hydroxylation sites is 1. The Labute approximate surface area is 160 Å². The number of nitrogens with one attached hydrogen (secondary N) is 1. The van der Waals surface area contributed by atoms with Gasteiger partial charge in [0.05, 0.1) is 23.8 Å². The summed E-state index contributed by atoms with van der Waals surface area (Å²) >= 11 is 0. The van der Waals surface area contributed by atoms with Gasteiger partial charge in [0.2, 0.25) is 11.8 Å². The molecule has 0 aliphatic heterocycles. The highest BCUT2D eigenvalue weighted by Crippen LogP contribution is 2.09. The molecule has 0 radical (unpaired) electrons. The lowest BCUT2D eigenvalue weighted by atomic mass is 10.2. The van der Waals surface area contributed by atoms with Crippen LogP contribution < -0.4 is 10.9 Å². The van der Waals surface area contributed by atoms with E-state index < -0.39 is 11.7 Å². The van der Waals surface area contributed by atoms with E-state index in [2.05, 4.69) is 10.3 Å². The zero-order chi connectivity index (χ0) is 20.1. The first-order chi connectivity index (χ1) is 13.4. The molecule has 0 saturated carbocycles. The molecule has 28 heavy (non-hydrogen) atoms. The van der Waals surface area contributed by atoms with Crippen molar-refractivity contribution in [1.82, 2.24) is 14.5 Å². The number of carbonyl (C=O) groups is 2. The Morgan fingerprint density at radius 3 is 2.75 bits per heavy atom. The molecule has 0 spiro atoms. The van der Waals surface area contributed by atoms with Crippen LogP contribution in [0.25, 0.3) is 10.9 Å². The van der Waals surface area contributed by atoms with Gasteiger partial charge in [-0.15, -0.1) is 0 Å². The van der Waals surface area contributed by atoms with Gasteiger partial charge in [0.15, 0.2) is 0 Å². The van der Waals surface area contributed by atoms with Crippen molar-refractivity contribution in [2.24, 2.45) is 0 Å². The van der Waals surface area contributed by atoms with Crippen LogP contribution in [0.4, 0.5) is 10.1 Å². The second-order valence-electron chi connectivity index (χ2n) is 6.32. The minimum atomic E-state index is -0.461. The molecular formula is C20H19FN4O3. The van der Waals surface area contributed by atoms with E-state index in [9.17, 15) is 18.8 Å². The van der Waals surface area contributed by atoms with Gasteiger partial charge in [0.1, 0.15) is 5.82 Å². The van der Waals surface area contributed by atoms with E-state index in [1.165, 1.54) is 41.0 Å². The molecule has 1 aromatic heterocycles. The van der Waals surface area contributed by atoms with Crippen LogP contribution in [0.1, 0.15) is 6.42 Å². The third kappa shape index (κ3) is 4.59. The third-order valence-electron chi connectivity index (χ3n) is 4.21. The van der Waals surface area contributed by atoms with Crippen molar-refractivity contribution < 1.29 is 14.0 Å². The number of aryl methyl sites for hydroxylation is 1. The summed E-state index contributed by atoms with van der Waals surface area (Å²) in [7, 11) is 1.49. The number of aromatic nitrogens is 2. The molecule has 1 N–H and O–H groups in total. The van der Waals surface area contributed by atoms with Crippen molar-refractivity contribution in [2.45, 2.75) is 13.0 Å². The number of amides is 2. The maximum atomic E-state index is 13.2. The Morgan fingerprint density at radius 1 is 1.18 bits per heavy atom. The van der Waals surface area contributed by atoms with Gasteiger partial charge >= 0.3 is 0 Å². The molecule has 0 bridgehead atoms. The topological polar surface area (TPSA) is 84.3 Å². The number of nitrogens with zero attached hydrogens (tertiary/aromatic N) is 3. The minimum Gasteiger partial charge on any atom is -0.336 e. The summed E-state index contributed by atoms with van der Waals surface area (Å²) in [5.41, 5.74) is 0.700. The summed E-state index contributed by atoms with van der Waals surface area (Å²) in [4.78, 5) is 42.2. The average Bonchev–Trinajstić information content (AvgIpc) is 2.67. The fourth-order valence-electron chi connectivity index (χ4n) is 2.74. The van der Waals surface area contributed by atoms with Gasteiger partial charge in [-0.3, -0.25) is 19.0 Å². The zero-order valence-corrected chi connectivity index (χ0v) is 15.3. The fourth-order valence-corrected chi connectivity index (χ4v) is 2.74. The number of anilines is 1. The normalized spacial score (nSPS) is 10.6. The molecular weight excluding hydrogens is 363 g/mol. The smallest absolute Gasteiger partial charge is 0.261 e. The molecule has 0 atom stereocenters. The number of benzene rings is 2. The minimum absolute atomic E-state index is 0.0453. The monoisotopic (exact) mass is 382 g/mol. The van der Waals surface area contributed by atoms with Crippen molar-refractivity contribution in [1.29, 1.82) is 0 Å². The predicted octanol–water partition coefficient (Wildman–Crippen LogP) is 2.02. The highest BCUT2D eigenvalue weighted by molar-refractivity contribution is 5.94. The Kier molecular flexibility index (Phi) is 5.78. The fraction of sp³-hybridized carbons (Fsp3) is 0.200. The molecule has 1 heterocycles. The number of rotatable bonds is 6. The van der Waals surface area contributed by atoms with E-state index in [0.717, 1.165) is 0 Å². The molecule has 0 aliphatic carbocycles. The second-order valence-corrected chi connectivity index (χ2v) is 6.32. The van der Waals surface area contributed by atoms with Crippen LogP contribution in [0, 0.1) is 5.82 Å². The van der Waals surface area contributed by atoms with E-state index in [1.54, 1.807) is 30.3 Å². The molecule has 2 aromatic carbocycles. The predicted molar refractivity (Wildman–Crippen MR) is 103 cm³/mol. The summed E-state index contributed by atoms with van der Waals surface area (Å²) < 4.78 is 14.5.